The summed E-state index contributed by atoms with van der Waals surface area (Å²) in [4.78, 5) is 14.7. The number of nitrogens with zero attached hydrogens (tertiary/aromatic N) is 1. The summed E-state index contributed by atoms with van der Waals surface area (Å²) in [5, 5.41) is 6.44. The second-order valence-electron chi connectivity index (χ2n) is 5.58. The summed E-state index contributed by atoms with van der Waals surface area (Å²) in [7, 11) is 0. The summed E-state index contributed by atoms with van der Waals surface area (Å²) in [5.74, 6) is 0.118. The average Bonchev–Trinajstić information content (AvgIpc) is 2.83. The maximum atomic E-state index is 12.2. The van der Waals surface area contributed by atoms with Gasteiger partial charge >= 0.3 is 0 Å². The van der Waals surface area contributed by atoms with Gasteiger partial charge < -0.3 is 15.4 Å². The van der Waals surface area contributed by atoms with Gasteiger partial charge in [-0.2, -0.15) is 0 Å². The molecule has 0 aromatic rings. The first-order valence-corrected chi connectivity index (χ1v) is 7.20. The van der Waals surface area contributed by atoms with E-state index in [1.54, 1.807) is 0 Å². The van der Waals surface area contributed by atoms with E-state index in [2.05, 4.69) is 15.5 Å². The van der Waals surface area contributed by atoms with Crippen LogP contribution >= 0.6 is 0 Å². The molecule has 1 amide bonds. The Morgan fingerprint density at radius 2 is 2.22 bits per heavy atom. The van der Waals surface area contributed by atoms with Crippen molar-refractivity contribution < 1.29 is 9.53 Å². The zero-order chi connectivity index (χ0) is 12.4. The van der Waals surface area contributed by atoms with Crippen LogP contribution in [0.25, 0.3) is 0 Å². The predicted molar refractivity (Wildman–Crippen MR) is 68.4 cm³/mol. The minimum atomic E-state index is -0.156. The fourth-order valence-electron chi connectivity index (χ4n) is 3.43. The van der Waals surface area contributed by atoms with E-state index in [0.717, 1.165) is 19.5 Å². The minimum Gasteiger partial charge on any atom is -0.378 e. The Kier molecular flexibility index (Phi) is 3.82. The minimum absolute atomic E-state index is 0.118. The lowest BCUT2D eigenvalue weighted by Crippen LogP contribution is -2.55. The summed E-state index contributed by atoms with van der Waals surface area (Å²) in [6, 6.07) is 0.769. The Bertz CT molecular complexity index is 305. The van der Waals surface area contributed by atoms with Gasteiger partial charge in [0.25, 0.3) is 0 Å². The smallest absolute Gasteiger partial charge is 0.239 e. The van der Waals surface area contributed by atoms with Gasteiger partial charge in [-0.05, 0) is 25.8 Å². The molecule has 3 rings (SSSR count). The van der Waals surface area contributed by atoms with Crippen molar-refractivity contribution in [2.24, 2.45) is 0 Å². The van der Waals surface area contributed by atoms with Crippen LogP contribution < -0.4 is 10.6 Å². The molecule has 5 heteroatoms. The molecule has 3 unspecified atom stereocenters. The molecule has 3 saturated heterocycles. The average molecular weight is 253 g/mol. The van der Waals surface area contributed by atoms with Crippen LogP contribution in [0.2, 0.25) is 0 Å². The van der Waals surface area contributed by atoms with Crippen LogP contribution in [0.3, 0.4) is 0 Å². The van der Waals surface area contributed by atoms with Gasteiger partial charge in [0.2, 0.25) is 5.91 Å². The number of morpholine rings is 1. The van der Waals surface area contributed by atoms with Crippen LogP contribution in [0, 0.1) is 0 Å². The van der Waals surface area contributed by atoms with Gasteiger partial charge in [-0.25, -0.2) is 0 Å². The molecule has 0 saturated carbocycles. The van der Waals surface area contributed by atoms with Crippen molar-refractivity contribution in [1.29, 1.82) is 0 Å². The maximum absolute atomic E-state index is 12.2. The van der Waals surface area contributed by atoms with E-state index < -0.39 is 0 Å². The van der Waals surface area contributed by atoms with Crippen LogP contribution in [0.5, 0.6) is 0 Å². The first-order valence-electron chi connectivity index (χ1n) is 7.20. The second-order valence-corrected chi connectivity index (χ2v) is 5.58. The van der Waals surface area contributed by atoms with Crippen molar-refractivity contribution in [2.45, 2.75) is 43.8 Å². The van der Waals surface area contributed by atoms with E-state index in [9.17, 15) is 4.79 Å². The number of rotatable bonds is 2. The summed E-state index contributed by atoms with van der Waals surface area (Å²) < 4.78 is 5.34. The third-order valence-corrected chi connectivity index (χ3v) is 4.42. The second kappa shape index (κ2) is 5.55. The normalized spacial score (nSPS) is 37.2. The van der Waals surface area contributed by atoms with E-state index in [1.807, 2.05) is 0 Å². The SMILES string of the molecule is O=C(NC1CCN2CCCCC12)C1COCCN1. The Balaban J connectivity index is 1.54. The number of fused-ring (bicyclic) bond motifs is 1. The molecule has 0 aliphatic carbocycles. The van der Waals surface area contributed by atoms with Crippen molar-refractivity contribution in [2.75, 3.05) is 32.8 Å². The van der Waals surface area contributed by atoms with Crippen LogP contribution in [0.1, 0.15) is 25.7 Å². The third kappa shape index (κ3) is 2.53. The topological polar surface area (TPSA) is 53.6 Å². The Labute approximate surface area is 108 Å². The van der Waals surface area contributed by atoms with Gasteiger partial charge in [0.05, 0.1) is 13.2 Å². The lowest BCUT2D eigenvalue weighted by molar-refractivity contribution is -0.126. The number of ether oxygens (including phenoxy) is 1. The van der Waals surface area contributed by atoms with Crippen LogP contribution in [-0.2, 0) is 9.53 Å². The van der Waals surface area contributed by atoms with Crippen molar-refractivity contribution in [3.63, 3.8) is 0 Å². The highest BCUT2D eigenvalue weighted by atomic mass is 16.5. The number of amides is 1. The number of piperidine rings is 1. The van der Waals surface area contributed by atoms with Gasteiger partial charge in [-0.1, -0.05) is 6.42 Å². The fourth-order valence-corrected chi connectivity index (χ4v) is 3.43. The predicted octanol–water partition coefficient (Wildman–Crippen LogP) is -0.282. The Morgan fingerprint density at radius 3 is 3.06 bits per heavy atom. The number of carbonyl (C=O) groups excluding carboxylic acids is 1. The van der Waals surface area contributed by atoms with Gasteiger partial charge in [-0.15, -0.1) is 0 Å². The molecular weight excluding hydrogens is 230 g/mol. The number of hydrogen-bond acceptors (Lipinski definition) is 4. The van der Waals surface area contributed by atoms with E-state index in [-0.39, 0.29) is 11.9 Å². The standard InChI is InChI=1S/C13H23N3O2/c17-13(11-9-18-8-5-14-11)15-10-4-7-16-6-2-1-3-12(10)16/h10-12,14H,1-9H2,(H,15,17). The van der Waals surface area contributed by atoms with Gasteiger partial charge in [0.1, 0.15) is 6.04 Å². The van der Waals surface area contributed by atoms with Crippen LogP contribution in [-0.4, -0.2) is 61.8 Å². The van der Waals surface area contributed by atoms with Crippen molar-refractivity contribution in [3.05, 3.63) is 0 Å². The number of hydrogen-bond donors (Lipinski definition) is 2. The van der Waals surface area contributed by atoms with Crippen molar-refractivity contribution in [1.82, 2.24) is 15.5 Å². The Hall–Kier alpha value is -0.650. The molecule has 3 fully saturated rings. The first-order chi connectivity index (χ1) is 8.84. The molecule has 0 spiro atoms. The lowest BCUT2D eigenvalue weighted by atomic mass is 9.99. The van der Waals surface area contributed by atoms with Gasteiger partial charge in [-0.3, -0.25) is 9.69 Å². The molecule has 2 N–H and O–H groups in total. The molecule has 0 aromatic carbocycles. The van der Waals surface area contributed by atoms with E-state index in [1.165, 1.54) is 25.8 Å². The highest BCUT2D eigenvalue weighted by molar-refractivity contribution is 5.82. The number of nitrogens with one attached hydrogen (secondary N) is 2. The highest BCUT2D eigenvalue weighted by Crippen LogP contribution is 2.27. The maximum Gasteiger partial charge on any atom is 0.239 e. The van der Waals surface area contributed by atoms with Crippen LogP contribution in [0.4, 0.5) is 0 Å². The molecule has 3 aliphatic heterocycles. The van der Waals surface area contributed by atoms with E-state index >= 15 is 0 Å². The third-order valence-electron chi connectivity index (χ3n) is 4.42. The molecule has 5 nitrogen and oxygen atoms in total. The van der Waals surface area contributed by atoms with Crippen molar-refractivity contribution in [3.8, 4) is 0 Å². The van der Waals surface area contributed by atoms with Crippen molar-refractivity contribution >= 4 is 5.91 Å². The van der Waals surface area contributed by atoms with Gasteiger partial charge in [0.15, 0.2) is 0 Å². The molecule has 18 heavy (non-hydrogen) atoms. The molecule has 0 aromatic heterocycles. The molecule has 3 heterocycles. The molecule has 3 aliphatic rings. The van der Waals surface area contributed by atoms with E-state index in [0.29, 0.717) is 25.3 Å². The van der Waals surface area contributed by atoms with Crippen LogP contribution in [0.15, 0.2) is 0 Å². The summed E-state index contributed by atoms with van der Waals surface area (Å²) in [5.41, 5.74) is 0. The molecule has 0 radical (unpaired) electrons. The highest BCUT2D eigenvalue weighted by Gasteiger charge is 2.37. The summed E-state index contributed by atoms with van der Waals surface area (Å²) in [6.45, 7) is 4.35. The Morgan fingerprint density at radius 1 is 1.28 bits per heavy atom. The molecule has 102 valence electrons. The zero-order valence-electron chi connectivity index (χ0n) is 10.9. The molecular formula is C13H23N3O2. The summed E-state index contributed by atoms with van der Waals surface area (Å²) >= 11 is 0. The molecule has 0 bridgehead atoms. The largest absolute Gasteiger partial charge is 0.378 e. The number of carbonyl (C=O) groups is 1. The lowest BCUT2D eigenvalue weighted by Gasteiger charge is -2.33. The zero-order valence-corrected chi connectivity index (χ0v) is 10.9. The quantitative estimate of drug-likeness (QED) is 0.710. The molecule has 3 atom stereocenters. The monoisotopic (exact) mass is 253 g/mol. The van der Waals surface area contributed by atoms with E-state index in [4.69, 9.17) is 4.74 Å². The fraction of sp³-hybridized carbons (Fsp3) is 0.923. The first kappa shape index (κ1) is 12.4. The summed E-state index contributed by atoms with van der Waals surface area (Å²) in [6.07, 6.45) is 4.96. The van der Waals surface area contributed by atoms with Gasteiger partial charge in [0, 0.05) is 25.2 Å².